The Morgan fingerprint density at radius 1 is 1.41 bits per heavy atom. The van der Waals surface area contributed by atoms with Gasteiger partial charge in [-0.25, -0.2) is 0 Å². The van der Waals surface area contributed by atoms with Gasteiger partial charge in [0.25, 0.3) is 5.91 Å². The molecule has 5 nitrogen and oxygen atoms in total. The van der Waals surface area contributed by atoms with Gasteiger partial charge in [0.15, 0.2) is 0 Å². The summed E-state index contributed by atoms with van der Waals surface area (Å²) in [5, 5.41) is 4.35. The molecule has 0 atom stereocenters. The van der Waals surface area contributed by atoms with E-state index in [0.717, 1.165) is 42.6 Å². The van der Waals surface area contributed by atoms with Crippen LogP contribution >= 0.6 is 0 Å². The molecule has 1 aliphatic carbocycles. The van der Waals surface area contributed by atoms with Gasteiger partial charge < -0.3 is 4.90 Å². The second-order valence-corrected chi connectivity index (χ2v) is 5.89. The lowest BCUT2D eigenvalue weighted by Gasteiger charge is -2.22. The summed E-state index contributed by atoms with van der Waals surface area (Å²) < 4.78 is 1.92. The Hall–Kier alpha value is -2.17. The summed E-state index contributed by atoms with van der Waals surface area (Å²) in [5.41, 5.74) is 2.76. The minimum Gasteiger partial charge on any atom is -0.331 e. The quantitative estimate of drug-likeness (QED) is 0.824. The maximum atomic E-state index is 12.9. The van der Waals surface area contributed by atoms with Gasteiger partial charge >= 0.3 is 0 Å². The monoisotopic (exact) mass is 298 g/mol. The van der Waals surface area contributed by atoms with E-state index >= 15 is 0 Å². The lowest BCUT2D eigenvalue weighted by molar-refractivity contribution is 0.0729. The van der Waals surface area contributed by atoms with Crippen molar-refractivity contribution in [3.63, 3.8) is 0 Å². The Kier molecular flexibility index (Phi) is 4.22. The van der Waals surface area contributed by atoms with Crippen LogP contribution in [0.2, 0.25) is 0 Å². The number of carbonyl (C=O) groups is 1. The Bertz CT molecular complexity index is 646. The first-order valence-electron chi connectivity index (χ1n) is 7.93. The molecule has 0 radical (unpaired) electrons. The first-order chi connectivity index (χ1) is 10.7. The fraction of sp³-hybridized carbons (Fsp3) is 0.471. The number of aryl methyl sites for hydroxylation is 1. The van der Waals surface area contributed by atoms with Crippen LogP contribution in [0, 0.1) is 6.92 Å². The summed E-state index contributed by atoms with van der Waals surface area (Å²) in [6.07, 6.45) is 8.49. The average molecular weight is 298 g/mol. The molecule has 3 rings (SSSR count). The van der Waals surface area contributed by atoms with E-state index in [1.54, 1.807) is 12.4 Å². The zero-order valence-electron chi connectivity index (χ0n) is 13.2. The second kappa shape index (κ2) is 6.30. The molecule has 1 fully saturated rings. The summed E-state index contributed by atoms with van der Waals surface area (Å²) >= 11 is 0. The van der Waals surface area contributed by atoms with Crippen LogP contribution in [-0.4, -0.2) is 31.6 Å². The van der Waals surface area contributed by atoms with Gasteiger partial charge in [-0.2, -0.15) is 5.10 Å². The van der Waals surface area contributed by atoms with E-state index < -0.39 is 0 Å². The summed E-state index contributed by atoms with van der Waals surface area (Å²) in [7, 11) is 0. The van der Waals surface area contributed by atoms with Crippen LogP contribution in [0.3, 0.4) is 0 Å². The number of carbonyl (C=O) groups excluding carboxylic acids is 1. The van der Waals surface area contributed by atoms with Crippen LogP contribution in [-0.2, 0) is 13.1 Å². The van der Waals surface area contributed by atoms with E-state index in [9.17, 15) is 4.79 Å². The lowest BCUT2D eigenvalue weighted by atomic mass is 10.2. The van der Waals surface area contributed by atoms with E-state index in [2.05, 4.69) is 17.0 Å². The zero-order chi connectivity index (χ0) is 15.5. The smallest absolute Gasteiger partial charge is 0.257 e. The number of nitrogens with zero attached hydrogens (tertiary/aromatic N) is 4. The lowest BCUT2D eigenvalue weighted by Crippen LogP contribution is -2.33. The van der Waals surface area contributed by atoms with Crippen LogP contribution in [0.15, 0.2) is 30.7 Å². The molecule has 2 aromatic rings. The molecule has 0 N–H and O–H groups in total. The van der Waals surface area contributed by atoms with Crippen molar-refractivity contribution in [2.45, 2.75) is 52.2 Å². The highest BCUT2D eigenvalue weighted by molar-refractivity contribution is 5.95. The number of aromatic nitrogens is 3. The molecule has 2 aromatic heterocycles. The predicted molar refractivity (Wildman–Crippen MR) is 84.4 cm³/mol. The van der Waals surface area contributed by atoms with Gasteiger partial charge in [-0.05, 0) is 37.8 Å². The molecule has 0 bridgehead atoms. The van der Waals surface area contributed by atoms with E-state index in [1.807, 2.05) is 34.8 Å². The van der Waals surface area contributed by atoms with Gasteiger partial charge in [-0.15, -0.1) is 0 Å². The van der Waals surface area contributed by atoms with Crippen molar-refractivity contribution in [3.05, 3.63) is 47.5 Å². The second-order valence-electron chi connectivity index (χ2n) is 5.89. The minimum absolute atomic E-state index is 0.0891. The summed E-state index contributed by atoms with van der Waals surface area (Å²) in [5.74, 6) is 0.0891. The van der Waals surface area contributed by atoms with E-state index in [1.165, 1.54) is 0 Å². The molecule has 0 aromatic carbocycles. The zero-order valence-corrected chi connectivity index (χ0v) is 13.2. The van der Waals surface area contributed by atoms with E-state index in [0.29, 0.717) is 12.6 Å². The molecule has 1 saturated carbocycles. The third kappa shape index (κ3) is 3.03. The molecule has 2 heterocycles. The van der Waals surface area contributed by atoms with Crippen LogP contribution in [0.5, 0.6) is 0 Å². The molecule has 22 heavy (non-hydrogen) atoms. The van der Waals surface area contributed by atoms with Crippen molar-refractivity contribution in [1.29, 1.82) is 0 Å². The molecule has 1 amide bonds. The fourth-order valence-corrected chi connectivity index (χ4v) is 2.69. The van der Waals surface area contributed by atoms with Gasteiger partial charge in [0.2, 0.25) is 0 Å². The maximum Gasteiger partial charge on any atom is 0.257 e. The molecule has 0 saturated heterocycles. The summed E-state index contributed by atoms with van der Waals surface area (Å²) in [6, 6.07) is 4.29. The van der Waals surface area contributed by atoms with Crippen molar-refractivity contribution in [2.24, 2.45) is 0 Å². The van der Waals surface area contributed by atoms with E-state index in [4.69, 9.17) is 0 Å². The Labute approximate surface area is 131 Å². The third-order valence-electron chi connectivity index (χ3n) is 4.09. The summed E-state index contributed by atoms with van der Waals surface area (Å²) in [4.78, 5) is 19.0. The van der Waals surface area contributed by atoms with E-state index in [-0.39, 0.29) is 5.91 Å². The van der Waals surface area contributed by atoms with Crippen LogP contribution in [0.25, 0.3) is 0 Å². The Morgan fingerprint density at radius 2 is 2.23 bits per heavy atom. The van der Waals surface area contributed by atoms with Gasteiger partial charge in [0, 0.05) is 37.2 Å². The SMILES string of the molecule is CCCn1ncc(C(=O)N(Cc2cccnc2)C2CC2)c1C. The molecule has 5 heteroatoms. The van der Waals surface area contributed by atoms with Gasteiger partial charge in [0.1, 0.15) is 0 Å². The standard InChI is InChI=1S/C17H22N4O/c1-3-9-21-13(2)16(11-19-21)17(22)20(15-6-7-15)12-14-5-4-8-18-10-14/h4-5,8,10-11,15H,3,6-7,9,12H2,1-2H3. The highest BCUT2D eigenvalue weighted by atomic mass is 16.2. The minimum atomic E-state index is 0.0891. The number of hydrogen-bond acceptors (Lipinski definition) is 3. The van der Waals surface area contributed by atoms with Gasteiger partial charge in [0.05, 0.1) is 11.8 Å². The Morgan fingerprint density at radius 3 is 2.86 bits per heavy atom. The Balaban J connectivity index is 1.81. The molecule has 0 aliphatic heterocycles. The number of rotatable bonds is 6. The van der Waals surface area contributed by atoms with Crippen LogP contribution in [0.1, 0.15) is 47.8 Å². The largest absolute Gasteiger partial charge is 0.331 e. The fourth-order valence-electron chi connectivity index (χ4n) is 2.69. The molecule has 0 spiro atoms. The van der Waals surface area contributed by atoms with Gasteiger partial charge in [-0.1, -0.05) is 13.0 Å². The van der Waals surface area contributed by atoms with Crippen molar-refractivity contribution in [2.75, 3.05) is 0 Å². The molecular formula is C17H22N4O. The third-order valence-corrected chi connectivity index (χ3v) is 4.09. The van der Waals surface area contributed by atoms with Gasteiger partial charge in [-0.3, -0.25) is 14.5 Å². The predicted octanol–water partition coefficient (Wildman–Crippen LogP) is 2.80. The number of pyridine rings is 1. The highest BCUT2D eigenvalue weighted by Crippen LogP contribution is 2.30. The van der Waals surface area contributed by atoms with Crippen molar-refractivity contribution < 1.29 is 4.79 Å². The topological polar surface area (TPSA) is 51.0 Å². The first-order valence-corrected chi connectivity index (χ1v) is 7.93. The number of amides is 1. The molecule has 1 aliphatic rings. The molecule has 116 valence electrons. The maximum absolute atomic E-state index is 12.9. The highest BCUT2D eigenvalue weighted by Gasteiger charge is 2.34. The van der Waals surface area contributed by atoms with Crippen molar-refractivity contribution >= 4 is 5.91 Å². The van der Waals surface area contributed by atoms with Crippen molar-refractivity contribution in [1.82, 2.24) is 19.7 Å². The summed E-state index contributed by atoms with van der Waals surface area (Å²) in [6.45, 7) is 5.56. The first kappa shape index (κ1) is 14.8. The van der Waals surface area contributed by atoms with Crippen LogP contribution < -0.4 is 0 Å². The van der Waals surface area contributed by atoms with Crippen LogP contribution in [0.4, 0.5) is 0 Å². The normalized spacial score (nSPS) is 14.1. The average Bonchev–Trinajstić information content (AvgIpc) is 3.31. The molecule has 0 unspecified atom stereocenters. The number of hydrogen-bond donors (Lipinski definition) is 0. The molecular weight excluding hydrogens is 276 g/mol. The van der Waals surface area contributed by atoms with Crippen molar-refractivity contribution in [3.8, 4) is 0 Å².